The van der Waals surface area contributed by atoms with Crippen LogP contribution < -0.4 is 18.9 Å². The standard InChI is InChI=1S/C4H4N2S.Li.H/c7-4-2-1-3-5-6-4;;/h1-3H,(H,6,7);;/q;+1;-1. The number of nitrogens with one attached hydrogen (secondary N) is 1. The van der Waals surface area contributed by atoms with E-state index in [0.717, 1.165) is 0 Å². The Morgan fingerprint density at radius 2 is 2.50 bits per heavy atom. The van der Waals surface area contributed by atoms with Gasteiger partial charge in [0.25, 0.3) is 0 Å². The molecule has 0 saturated heterocycles. The minimum absolute atomic E-state index is 0. The van der Waals surface area contributed by atoms with E-state index in [1.165, 1.54) is 0 Å². The van der Waals surface area contributed by atoms with Crippen LogP contribution in [-0.2, 0) is 0 Å². The van der Waals surface area contributed by atoms with Gasteiger partial charge in [0.2, 0.25) is 0 Å². The fourth-order valence-corrected chi connectivity index (χ4v) is 0.443. The summed E-state index contributed by atoms with van der Waals surface area (Å²) in [6, 6.07) is 3.57. The van der Waals surface area contributed by atoms with Gasteiger partial charge < -0.3 is 1.43 Å². The monoisotopic (exact) mass is 120 g/mol. The summed E-state index contributed by atoms with van der Waals surface area (Å²) in [5.74, 6) is 0. The van der Waals surface area contributed by atoms with E-state index in [1.807, 2.05) is 0 Å². The fraction of sp³-hybridized carbons (Fsp3) is 0. The fourth-order valence-electron chi connectivity index (χ4n) is 0.312. The Labute approximate surface area is 66.0 Å². The van der Waals surface area contributed by atoms with Crippen LogP contribution in [0, 0.1) is 4.64 Å². The number of hydrogen-bond donors (Lipinski definition) is 1. The van der Waals surface area contributed by atoms with E-state index in [1.54, 1.807) is 18.3 Å². The molecule has 0 aromatic carbocycles. The summed E-state index contributed by atoms with van der Waals surface area (Å²) < 4.78 is 0.669. The van der Waals surface area contributed by atoms with Gasteiger partial charge >= 0.3 is 18.9 Å². The van der Waals surface area contributed by atoms with Crippen LogP contribution in [0.4, 0.5) is 0 Å². The van der Waals surface area contributed by atoms with Crippen molar-refractivity contribution in [3.8, 4) is 0 Å². The molecule has 0 radical (unpaired) electrons. The first-order chi connectivity index (χ1) is 3.39. The van der Waals surface area contributed by atoms with Gasteiger partial charge in [0.15, 0.2) is 0 Å². The molecule has 0 fully saturated rings. The van der Waals surface area contributed by atoms with Gasteiger partial charge in [0, 0.05) is 6.20 Å². The van der Waals surface area contributed by atoms with E-state index in [-0.39, 0.29) is 20.3 Å². The number of aromatic amines is 1. The quantitative estimate of drug-likeness (QED) is 0.325. The molecule has 1 aromatic rings. The number of rotatable bonds is 0. The first-order valence-electron chi connectivity index (χ1n) is 1.89. The molecule has 0 aliphatic rings. The third-order valence-corrected chi connectivity index (χ3v) is 0.810. The number of hydrogen-bond acceptors (Lipinski definition) is 2. The van der Waals surface area contributed by atoms with Crippen LogP contribution in [0.1, 0.15) is 1.43 Å². The molecular weight excluding hydrogens is 115 g/mol. The van der Waals surface area contributed by atoms with E-state index < -0.39 is 0 Å². The van der Waals surface area contributed by atoms with Crippen molar-refractivity contribution in [3.63, 3.8) is 0 Å². The normalized spacial score (nSPS) is 7.50. The van der Waals surface area contributed by atoms with Crippen LogP contribution in [-0.4, -0.2) is 10.2 Å². The first kappa shape index (κ1) is 7.90. The molecule has 0 unspecified atom stereocenters. The van der Waals surface area contributed by atoms with Gasteiger partial charge in [-0.05, 0) is 12.1 Å². The molecule has 0 spiro atoms. The second-order valence-electron chi connectivity index (χ2n) is 1.11. The van der Waals surface area contributed by atoms with Crippen LogP contribution >= 0.6 is 12.2 Å². The predicted octanol–water partition coefficient (Wildman–Crippen LogP) is -1.74. The van der Waals surface area contributed by atoms with Crippen molar-refractivity contribution < 1.29 is 20.3 Å². The molecule has 1 aromatic heterocycles. The van der Waals surface area contributed by atoms with Gasteiger partial charge in [-0.3, -0.25) is 5.10 Å². The molecule has 0 saturated carbocycles. The van der Waals surface area contributed by atoms with Crippen molar-refractivity contribution in [1.82, 2.24) is 10.2 Å². The summed E-state index contributed by atoms with van der Waals surface area (Å²) in [4.78, 5) is 0. The molecule has 2 nitrogen and oxygen atoms in total. The Kier molecular flexibility index (Phi) is 3.80. The largest absolute Gasteiger partial charge is 1.00 e. The molecule has 4 heteroatoms. The third kappa shape index (κ3) is 2.27. The molecule has 1 heterocycles. The Morgan fingerprint density at radius 3 is 2.75 bits per heavy atom. The van der Waals surface area contributed by atoms with E-state index in [9.17, 15) is 0 Å². The first-order valence-corrected chi connectivity index (χ1v) is 2.30. The minimum atomic E-state index is 0. The number of H-pyrrole nitrogens is 1. The Morgan fingerprint density at radius 1 is 1.75 bits per heavy atom. The second kappa shape index (κ2) is 3.85. The summed E-state index contributed by atoms with van der Waals surface area (Å²) in [7, 11) is 0. The van der Waals surface area contributed by atoms with Crippen LogP contribution in [0.5, 0.6) is 0 Å². The molecule has 0 bridgehead atoms. The molecule has 1 rings (SSSR count). The van der Waals surface area contributed by atoms with Gasteiger partial charge in [-0.25, -0.2) is 0 Å². The topological polar surface area (TPSA) is 28.7 Å². The summed E-state index contributed by atoms with van der Waals surface area (Å²) in [6.45, 7) is 0. The van der Waals surface area contributed by atoms with Gasteiger partial charge in [-0.1, -0.05) is 12.2 Å². The molecule has 38 valence electrons. The average molecular weight is 120 g/mol. The van der Waals surface area contributed by atoms with E-state index >= 15 is 0 Å². The van der Waals surface area contributed by atoms with Crippen molar-refractivity contribution in [2.24, 2.45) is 0 Å². The molecule has 0 aliphatic heterocycles. The molecule has 0 aliphatic carbocycles. The second-order valence-corrected chi connectivity index (χ2v) is 1.55. The zero-order valence-electron chi connectivity index (χ0n) is 5.59. The third-order valence-electron chi connectivity index (χ3n) is 0.583. The van der Waals surface area contributed by atoms with Crippen molar-refractivity contribution >= 4 is 12.2 Å². The molecule has 0 atom stereocenters. The molecular formula is C4H5LiN2S. The number of aromatic nitrogens is 2. The van der Waals surface area contributed by atoms with Crippen LogP contribution in [0.25, 0.3) is 0 Å². The minimum Gasteiger partial charge on any atom is -1.00 e. The Bertz CT molecular complexity index is 184. The summed E-state index contributed by atoms with van der Waals surface area (Å²) in [5, 5.41) is 6.25. The predicted molar refractivity (Wildman–Crippen MR) is 30.5 cm³/mol. The number of nitrogens with zero attached hydrogens (tertiary/aromatic N) is 1. The smallest absolute Gasteiger partial charge is 1.00 e. The van der Waals surface area contributed by atoms with Crippen molar-refractivity contribution in [2.45, 2.75) is 0 Å². The molecule has 0 amide bonds. The van der Waals surface area contributed by atoms with Gasteiger partial charge in [-0.15, -0.1) is 0 Å². The summed E-state index contributed by atoms with van der Waals surface area (Å²) in [5.41, 5.74) is 0. The van der Waals surface area contributed by atoms with Crippen LogP contribution in [0.2, 0.25) is 0 Å². The van der Waals surface area contributed by atoms with Gasteiger partial charge in [-0.2, -0.15) is 5.10 Å². The maximum atomic E-state index is 4.69. The van der Waals surface area contributed by atoms with Gasteiger partial charge in [0.05, 0.1) is 0 Å². The van der Waals surface area contributed by atoms with Crippen molar-refractivity contribution in [2.75, 3.05) is 0 Å². The van der Waals surface area contributed by atoms with Crippen molar-refractivity contribution in [3.05, 3.63) is 23.0 Å². The SMILES string of the molecule is S=c1cccn[nH]1.[H-].[Li+]. The maximum absolute atomic E-state index is 4.69. The zero-order chi connectivity index (χ0) is 5.11. The van der Waals surface area contributed by atoms with Crippen LogP contribution in [0.3, 0.4) is 0 Å². The average Bonchev–Trinajstić information content (AvgIpc) is 1.69. The summed E-state index contributed by atoms with van der Waals surface area (Å²) in [6.07, 6.45) is 1.65. The Hall–Kier alpha value is -0.103. The zero-order valence-corrected chi connectivity index (χ0v) is 5.40. The van der Waals surface area contributed by atoms with E-state index in [0.29, 0.717) is 4.64 Å². The van der Waals surface area contributed by atoms with Gasteiger partial charge in [0.1, 0.15) is 4.64 Å². The van der Waals surface area contributed by atoms with E-state index in [2.05, 4.69) is 10.2 Å². The Balaban J connectivity index is 0. The van der Waals surface area contributed by atoms with E-state index in [4.69, 9.17) is 12.2 Å². The van der Waals surface area contributed by atoms with Crippen LogP contribution in [0.15, 0.2) is 18.3 Å². The van der Waals surface area contributed by atoms with Crippen molar-refractivity contribution in [1.29, 1.82) is 0 Å². The summed E-state index contributed by atoms with van der Waals surface area (Å²) >= 11 is 4.69. The molecule has 1 N–H and O–H groups in total. The maximum Gasteiger partial charge on any atom is 1.00 e. The molecule has 8 heavy (non-hydrogen) atoms.